The van der Waals surface area contributed by atoms with Gasteiger partial charge in [0.05, 0.1) is 7.11 Å². The maximum absolute atomic E-state index is 13.0. The van der Waals surface area contributed by atoms with E-state index in [0.717, 1.165) is 5.56 Å². The number of anilines is 2. The molecule has 0 aliphatic rings. The number of ether oxygens (including phenoxy) is 1. The second-order valence-corrected chi connectivity index (χ2v) is 5.85. The molecule has 6 nitrogen and oxygen atoms in total. The van der Waals surface area contributed by atoms with E-state index in [-0.39, 0.29) is 17.4 Å². The van der Waals surface area contributed by atoms with Crippen LogP contribution in [0.2, 0.25) is 0 Å². The van der Waals surface area contributed by atoms with Crippen LogP contribution >= 0.6 is 0 Å². The lowest BCUT2D eigenvalue weighted by atomic mass is 10.2. The molecule has 3 aromatic rings. The highest BCUT2D eigenvalue weighted by atomic mass is 19.1. The van der Waals surface area contributed by atoms with E-state index in [4.69, 9.17) is 4.74 Å². The molecule has 0 fully saturated rings. The lowest BCUT2D eigenvalue weighted by molar-refractivity contribution is 0.102. The molecule has 2 N–H and O–H groups in total. The van der Waals surface area contributed by atoms with Crippen molar-refractivity contribution in [1.29, 1.82) is 0 Å². The maximum Gasteiger partial charge on any atom is 0.274 e. The molecule has 0 aliphatic carbocycles. The summed E-state index contributed by atoms with van der Waals surface area (Å²) in [6, 6.07) is 14.8. The molecule has 1 aromatic heterocycles. The number of amides is 1. The molecule has 7 heteroatoms. The molecule has 0 saturated carbocycles. The molecule has 0 bridgehead atoms. The van der Waals surface area contributed by atoms with Gasteiger partial charge >= 0.3 is 0 Å². The van der Waals surface area contributed by atoms with Gasteiger partial charge < -0.3 is 15.4 Å². The van der Waals surface area contributed by atoms with Gasteiger partial charge in [-0.25, -0.2) is 14.4 Å². The number of rotatable bonds is 6. The fourth-order valence-electron chi connectivity index (χ4n) is 2.44. The molecule has 3 rings (SSSR count). The monoisotopic (exact) mass is 366 g/mol. The summed E-state index contributed by atoms with van der Waals surface area (Å²) >= 11 is 0. The van der Waals surface area contributed by atoms with E-state index in [0.29, 0.717) is 29.6 Å². The maximum atomic E-state index is 13.0. The van der Waals surface area contributed by atoms with Crippen molar-refractivity contribution >= 4 is 17.4 Å². The third-order valence-electron chi connectivity index (χ3n) is 3.81. The van der Waals surface area contributed by atoms with Crippen molar-refractivity contribution in [2.45, 2.75) is 13.5 Å². The van der Waals surface area contributed by atoms with E-state index in [2.05, 4.69) is 20.6 Å². The van der Waals surface area contributed by atoms with Crippen molar-refractivity contribution in [3.05, 3.63) is 77.5 Å². The Morgan fingerprint density at radius 2 is 1.78 bits per heavy atom. The lowest BCUT2D eigenvalue weighted by Gasteiger charge is -2.10. The summed E-state index contributed by atoms with van der Waals surface area (Å²) in [6.45, 7) is 2.17. The third kappa shape index (κ3) is 5.01. The van der Waals surface area contributed by atoms with Crippen molar-refractivity contribution in [2.75, 3.05) is 17.7 Å². The van der Waals surface area contributed by atoms with Crippen LogP contribution in [0.4, 0.5) is 15.9 Å². The number of carbonyl (C=O) groups excluding carboxylic acids is 1. The Kier molecular flexibility index (Phi) is 5.61. The minimum absolute atomic E-state index is 0.250. The molecule has 27 heavy (non-hydrogen) atoms. The quantitative estimate of drug-likeness (QED) is 0.694. The molecule has 0 spiro atoms. The number of aryl methyl sites for hydroxylation is 1. The van der Waals surface area contributed by atoms with E-state index in [9.17, 15) is 9.18 Å². The highest BCUT2D eigenvalue weighted by molar-refractivity contribution is 6.03. The van der Waals surface area contributed by atoms with Crippen LogP contribution in [0.25, 0.3) is 0 Å². The predicted octanol–water partition coefficient (Wildman–Crippen LogP) is 3.80. The van der Waals surface area contributed by atoms with E-state index in [1.807, 2.05) is 0 Å². The summed E-state index contributed by atoms with van der Waals surface area (Å²) in [5.41, 5.74) is 1.79. The Balaban J connectivity index is 1.69. The standard InChI is InChI=1S/C20H19FN4O2/c1-13-23-18(20(26)25-16-7-9-17(27-2)10-8-16)11-19(24-13)22-12-14-3-5-15(21)6-4-14/h3-11H,12H2,1-2H3,(H,25,26)(H,22,23,24). The Labute approximate surface area is 156 Å². The molecule has 1 amide bonds. The fraction of sp³-hybridized carbons (Fsp3) is 0.150. The molecule has 1 heterocycles. The summed E-state index contributed by atoms with van der Waals surface area (Å²) < 4.78 is 18.1. The molecule has 0 aliphatic heterocycles. The van der Waals surface area contributed by atoms with E-state index in [1.54, 1.807) is 56.5 Å². The first kappa shape index (κ1) is 18.3. The van der Waals surface area contributed by atoms with Gasteiger partial charge in [0.15, 0.2) is 0 Å². The van der Waals surface area contributed by atoms with Gasteiger partial charge in [0.1, 0.15) is 28.9 Å². The highest BCUT2D eigenvalue weighted by Gasteiger charge is 2.11. The first-order valence-corrected chi connectivity index (χ1v) is 8.33. The van der Waals surface area contributed by atoms with Crippen LogP contribution in [-0.2, 0) is 6.54 Å². The Morgan fingerprint density at radius 3 is 2.44 bits per heavy atom. The summed E-state index contributed by atoms with van der Waals surface area (Å²) in [5, 5.41) is 5.92. The second kappa shape index (κ2) is 8.27. The van der Waals surface area contributed by atoms with Crippen LogP contribution in [0.3, 0.4) is 0 Å². The van der Waals surface area contributed by atoms with Gasteiger partial charge in [-0.15, -0.1) is 0 Å². The molecule has 0 unspecified atom stereocenters. The Hall–Kier alpha value is -3.48. The van der Waals surface area contributed by atoms with E-state index >= 15 is 0 Å². The zero-order valence-corrected chi connectivity index (χ0v) is 15.0. The number of hydrogen-bond acceptors (Lipinski definition) is 5. The van der Waals surface area contributed by atoms with Crippen molar-refractivity contribution in [2.24, 2.45) is 0 Å². The van der Waals surface area contributed by atoms with Crippen LogP contribution in [0, 0.1) is 12.7 Å². The predicted molar refractivity (Wildman–Crippen MR) is 101 cm³/mol. The molecular formula is C20H19FN4O2. The van der Waals surface area contributed by atoms with Gasteiger partial charge in [-0.3, -0.25) is 4.79 Å². The Bertz CT molecular complexity index is 928. The van der Waals surface area contributed by atoms with Gasteiger partial charge in [-0.1, -0.05) is 12.1 Å². The second-order valence-electron chi connectivity index (χ2n) is 5.85. The molecule has 0 saturated heterocycles. The number of halogens is 1. The summed E-state index contributed by atoms with van der Waals surface area (Å²) in [7, 11) is 1.58. The highest BCUT2D eigenvalue weighted by Crippen LogP contribution is 2.16. The van der Waals surface area contributed by atoms with Crippen molar-refractivity contribution < 1.29 is 13.9 Å². The van der Waals surface area contributed by atoms with Crippen LogP contribution < -0.4 is 15.4 Å². The topological polar surface area (TPSA) is 76.1 Å². The Morgan fingerprint density at radius 1 is 1.07 bits per heavy atom. The van der Waals surface area contributed by atoms with Gasteiger partial charge in [-0.2, -0.15) is 0 Å². The summed E-state index contributed by atoms with van der Waals surface area (Å²) in [6.07, 6.45) is 0. The van der Waals surface area contributed by atoms with Crippen molar-refractivity contribution in [1.82, 2.24) is 9.97 Å². The minimum Gasteiger partial charge on any atom is -0.497 e. The third-order valence-corrected chi connectivity index (χ3v) is 3.81. The number of methoxy groups -OCH3 is 1. The first-order chi connectivity index (χ1) is 13.0. The first-order valence-electron chi connectivity index (χ1n) is 8.33. The van der Waals surface area contributed by atoms with Crippen molar-refractivity contribution in [3.63, 3.8) is 0 Å². The van der Waals surface area contributed by atoms with Crippen LogP contribution in [-0.4, -0.2) is 23.0 Å². The number of carbonyl (C=O) groups is 1. The summed E-state index contributed by atoms with van der Waals surface area (Å²) in [5.74, 6) is 1.08. The molecule has 0 atom stereocenters. The average molecular weight is 366 g/mol. The van der Waals surface area contributed by atoms with Gasteiger partial charge in [-0.05, 0) is 48.9 Å². The number of nitrogens with one attached hydrogen (secondary N) is 2. The van der Waals surface area contributed by atoms with Crippen LogP contribution in [0.5, 0.6) is 5.75 Å². The number of hydrogen-bond donors (Lipinski definition) is 2. The fourth-order valence-corrected chi connectivity index (χ4v) is 2.44. The zero-order chi connectivity index (χ0) is 19.2. The van der Waals surface area contributed by atoms with E-state index in [1.165, 1.54) is 12.1 Å². The van der Waals surface area contributed by atoms with Gasteiger partial charge in [0, 0.05) is 18.3 Å². The summed E-state index contributed by atoms with van der Waals surface area (Å²) in [4.78, 5) is 21.0. The SMILES string of the molecule is COc1ccc(NC(=O)c2cc(NCc3ccc(F)cc3)nc(C)n2)cc1. The smallest absolute Gasteiger partial charge is 0.274 e. The molecule has 2 aromatic carbocycles. The van der Waals surface area contributed by atoms with Gasteiger partial charge in [0.2, 0.25) is 0 Å². The molecule has 0 radical (unpaired) electrons. The molecular weight excluding hydrogens is 347 g/mol. The van der Waals surface area contributed by atoms with E-state index < -0.39 is 0 Å². The van der Waals surface area contributed by atoms with Crippen LogP contribution in [0.15, 0.2) is 54.6 Å². The average Bonchev–Trinajstić information content (AvgIpc) is 2.68. The number of nitrogens with zero attached hydrogens (tertiary/aromatic N) is 2. The van der Waals surface area contributed by atoms with Crippen molar-refractivity contribution in [3.8, 4) is 5.75 Å². The number of aromatic nitrogens is 2. The van der Waals surface area contributed by atoms with Crippen LogP contribution in [0.1, 0.15) is 21.9 Å². The van der Waals surface area contributed by atoms with Gasteiger partial charge in [0.25, 0.3) is 5.91 Å². The normalized spacial score (nSPS) is 10.3. The number of benzene rings is 2. The largest absolute Gasteiger partial charge is 0.497 e. The zero-order valence-electron chi connectivity index (χ0n) is 15.0. The minimum atomic E-state index is -0.338. The lowest BCUT2D eigenvalue weighted by Crippen LogP contribution is -2.15. The molecule has 138 valence electrons.